The maximum absolute atomic E-state index is 12.4. The number of carboxylic acid groups (broad SMARTS) is 2. The normalized spacial score (nSPS) is 11.2. The minimum absolute atomic E-state index is 0.0706. The summed E-state index contributed by atoms with van der Waals surface area (Å²) in [4.78, 5) is 48.3. The van der Waals surface area contributed by atoms with Gasteiger partial charge >= 0.3 is 30.1 Å². The van der Waals surface area contributed by atoms with Gasteiger partial charge in [0.2, 0.25) is 0 Å². The third-order valence-electron chi connectivity index (χ3n) is 5.07. The Morgan fingerprint density at radius 2 is 1.10 bits per heavy atom. The van der Waals surface area contributed by atoms with Crippen molar-refractivity contribution in [2.75, 3.05) is 39.6 Å². The molecule has 0 bridgehead atoms. The van der Waals surface area contributed by atoms with Crippen LogP contribution in [0.4, 0.5) is 13.2 Å². The van der Waals surface area contributed by atoms with Gasteiger partial charge in [-0.3, -0.25) is 0 Å². The molecule has 13 heteroatoms. The number of carbonyl (C=O) groups is 4. The molecule has 0 aromatic heterocycles. The van der Waals surface area contributed by atoms with Crippen molar-refractivity contribution in [3.05, 3.63) is 58.7 Å². The summed E-state index contributed by atoms with van der Waals surface area (Å²) in [5.41, 5.74) is -0.894. The van der Waals surface area contributed by atoms with Crippen LogP contribution in [0.15, 0.2) is 36.4 Å². The van der Waals surface area contributed by atoms with Crippen molar-refractivity contribution < 1.29 is 61.5 Å². The molecule has 0 saturated carbocycles. The first kappa shape index (κ1) is 31.2. The van der Waals surface area contributed by atoms with Gasteiger partial charge in [0.15, 0.2) is 0 Å². The predicted molar refractivity (Wildman–Crippen MR) is 129 cm³/mol. The van der Waals surface area contributed by atoms with Crippen molar-refractivity contribution in [3.63, 3.8) is 0 Å². The molecule has 2 N–H and O–H groups in total. The van der Waals surface area contributed by atoms with Gasteiger partial charge in [-0.1, -0.05) is 19.1 Å². The van der Waals surface area contributed by atoms with Gasteiger partial charge in [-0.05, 0) is 41.8 Å². The van der Waals surface area contributed by atoms with E-state index in [1.54, 1.807) is 0 Å². The van der Waals surface area contributed by atoms with Gasteiger partial charge in [0.05, 0.1) is 48.5 Å². The van der Waals surface area contributed by atoms with Gasteiger partial charge in [0, 0.05) is 6.61 Å². The van der Waals surface area contributed by atoms with Crippen LogP contribution < -0.4 is 0 Å². The smallest absolute Gasteiger partial charge is 0.391 e. The average Bonchev–Trinajstić information content (AvgIpc) is 2.88. The summed E-state index contributed by atoms with van der Waals surface area (Å²) in [5.74, 6) is -4.80. The Morgan fingerprint density at radius 1 is 0.667 bits per heavy atom. The van der Waals surface area contributed by atoms with E-state index in [4.69, 9.17) is 18.9 Å². The molecule has 212 valence electrons. The fourth-order valence-corrected chi connectivity index (χ4v) is 3.24. The maximum Gasteiger partial charge on any atom is 0.391 e. The highest BCUT2D eigenvalue weighted by atomic mass is 19.4. The highest BCUT2D eigenvalue weighted by Crippen LogP contribution is 2.26. The Bertz CT molecular complexity index is 1180. The molecule has 0 aliphatic heterocycles. The van der Waals surface area contributed by atoms with Crippen LogP contribution in [0, 0.1) is 0 Å². The quantitative estimate of drug-likeness (QED) is 0.238. The summed E-state index contributed by atoms with van der Waals surface area (Å²) in [6.07, 6.45) is -4.76. The van der Waals surface area contributed by atoms with E-state index in [9.17, 15) is 42.6 Å². The van der Waals surface area contributed by atoms with E-state index < -0.39 is 55.3 Å². The number of rotatable bonds is 15. The largest absolute Gasteiger partial charge is 0.478 e. The van der Waals surface area contributed by atoms with Crippen LogP contribution in [0.1, 0.15) is 61.2 Å². The standard InChI is InChI=1S/C26H27F3O10/c1-2-8-36-10-12-38-24(34)18-5-3-16(14-20(18)22(30)31)17-4-6-19(21(15-17)23(32)33)25(35)39-13-11-37-9-7-26(27,28)29/h3-6,14-15H,2,7-13H2,1H3,(H,30,31)(H,32,33). The SMILES string of the molecule is CCCOCCOC(=O)c1ccc(-c2ccc(C(=O)OCCOCCC(F)(F)F)c(C(=O)O)c2)cc1C(=O)O. The zero-order valence-electron chi connectivity index (χ0n) is 20.9. The van der Waals surface area contributed by atoms with Gasteiger partial charge in [0.1, 0.15) is 13.2 Å². The second kappa shape index (κ2) is 14.8. The molecule has 10 nitrogen and oxygen atoms in total. The number of aromatic carboxylic acids is 2. The molecular formula is C26H27F3O10. The lowest BCUT2D eigenvalue weighted by Gasteiger charge is -2.12. The molecule has 0 aliphatic rings. The summed E-state index contributed by atoms with van der Waals surface area (Å²) < 4.78 is 56.2. The van der Waals surface area contributed by atoms with E-state index in [-0.39, 0.29) is 47.6 Å². The summed E-state index contributed by atoms with van der Waals surface area (Å²) in [5, 5.41) is 19.2. The monoisotopic (exact) mass is 556 g/mol. The highest BCUT2D eigenvalue weighted by Gasteiger charge is 2.26. The molecule has 2 aromatic rings. The topological polar surface area (TPSA) is 146 Å². The molecule has 0 atom stereocenters. The minimum Gasteiger partial charge on any atom is -0.478 e. The fourth-order valence-electron chi connectivity index (χ4n) is 3.24. The summed E-state index contributed by atoms with van der Waals surface area (Å²) in [7, 11) is 0. The van der Waals surface area contributed by atoms with Crippen LogP contribution in [0.5, 0.6) is 0 Å². The Kier molecular flexibility index (Phi) is 11.9. The van der Waals surface area contributed by atoms with Crippen molar-refractivity contribution in [1.82, 2.24) is 0 Å². The zero-order chi connectivity index (χ0) is 29.0. The van der Waals surface area contributed by atoms with Gasteiger partial charge < -0.3 is 29.2 Å². The van der Waals surface area contributed by atoms with Crippen molar-refractivity contribution in [2.24, 2.45) is 0 Å². The molecular weight excluding hydrogens is 529 g/mol. The van der Waals surface area contributed by atoms with Crippen molar-refractivity contribution >= 4 is 23.9 Å². The molecule has 2 rings (SSSR count). The Hall–Kier alpha value is -3.97. The van der Waals surface area contributed by atoms with Gasteiger partial charge in [-0.15, -0.1) is 0 Å². The summed E-state index contributed by atoms with van der Waals surface area (Å²) in [6.45, 7) is 1.15. The molecule has 0 heterocycles. The van der Waals surface area contributed by atoms with E-state index in [1.165, 1.54) is 24.3 Å². The van der Waals surface area contributed by atoms with Crippen molar-refractivity contribution in [1.29, 1.82) is 0 Å². The Labute approximate surface area is 221 Å². The first-order valence-corrected chi connectivity index (χ1v) is 11.8. The second-order valence-electron chi connectivity index (χ2n) is 7.99. The van der Waals surface area contributed by atoms with Crippen LogP contribution >= 0.6 is 0 Å². The molecule has 0 aliphatic carbocycles. The van der Waals surface area contributed by atoms with Crippen LogP contribution in [-0.2, 0) is 18.9 Å². The number of esters is 2. The van der Waals surface area contributed by atoms with Crippen LogP contribution in [0.25, 0.3) is 11.1 Å². The third-order valence-corrected chi connectivity index (χ3v) is 5.07. The lowest BCUT2D eigenvalue weighted by atomic mass is 9.96. The molecule has 0 amide bonds. The number of hydrogen-bond acceptors (Lipinski definition) is 8. The van der Waals surface area contributed by atoms with E-state index in [0.29, 0.717) is 6.61 Å². The number of hydrogen-bond donors (Lipinski definition) is 2. The van der Waals surface area contributed by atoms with E-state index >= 15 is 0 Å². The van der Waals surface area contributed by atoms with Gasteiger partial charge in [-0.2, -0.15) is 13.2 Å². The van der Waals surface area contributed by atoms with Crippen molar-refractivity contribution in [3.8, 4) is 11.1 Å². The summed E-state index contributed by atoms with van der Waals surface area (Å²) >= 11 is 0. The number of carboxylic acids is 2. The second-order valence-corrected chi connectivity index (χ2v) is 7.99. The zero-order valence-corrected chi connectivity index (χ0v) is 20.9. The molecule has 39 heavy (non-hydrogen) atoms. The lowest BCUT2D eigenvalue weighted by Crippen LogP contribution is -2.17. The fraction of sp³-hybridized carbons (Fsp3) is 0.385. The maximum atomic E-state index is 12.4. The Balaban J connectivity index is 2.15. The van der Waals surface area contributed by atoms with Gasteiger partial charge in [-0.25, -0.2) is 19.2 Å². The first-order valence-electron chi connectivity index (χ1n) is 11.8. The highest BCUT2D eigenvalue weighted by molar-refractivity contribution is 6.05. The predicted octanol–water partition coefficient (Wildman–Crippen LogP) is 4.46. The van der Waals surface area contributed by atoms with Gasteiger partial charge in [0.25, 0.3) is 0 Å². The number of ether oxygens (including phenoxy) is 4. The van der Waals surface area contributed by atoms with E-state index in [2.05, 4.69) is 0 Å². The molecule has 0 unspecified atom stereocenters. The summed E-state index contributed by atoms with van der Waals surface area (Å²) in [6, 6.07) is 7.44. The van der Waals surface area contributed by atoms with Crippen molar-refractivity contribution in [2.45, 2.75) is 25.9 Å². The number of benzene rings is 2. The Morgan fingerprint density at radius 3 is 1.49 bits per heavy atom. The average molecular weight is 556 g/mol. The molecule has 0 radical (unpaired) electrons. The number of halogens is 3. The van der Waals surface area contributed by atoms with Crippen LogP contribution in [0.2, 0.25) is 0 Å². The number of carbonyl (C=O) groups excluding carboxylic acids is 2. The van der Waals surface area contributed by atoms with Crippen LogP contribution in [-0.4, -0.2) is 79.9 Å². The first-order chi connectivity index (χ1) is 18.4. The molecule has 2 aromatic carbocycles. The van der Waals surface area contributed by atoms with Crippen LogP contribution in [0.3, 0.4) is 0 Å². The molecule has 0 fully saturated rings. The molecule has 0 spiro atoms. The number of alkyl halides is 3. The van der Waals surface area contributed by atoms with E-state index in [0.717, 1.165) is 18.6 Å². The molecule has 0 saturated heterocycles. The minimum atomic E-state index is -4.38. The third kappa shape index (κ3) is 10.0. The lowest BCUT2D eigenvalue weighted by molar-refractivity contribution is -0.145. The van der Waals surface area contributed by atoms with E-state index in [1.807, 2.05) is 6.92 Å².